The van der Waals surface area contributed by atoms with Gasteiger partial charge in [-0.2, -0.15) is 0 Å². The summed E-state index contributed by atoms with van der Waals surface area (Å²) < 4.78 is 18.7. The van der Waals surface area contributed by atoms with Crippen molar-refractivity contribution in [2.75, 3.05) is 13.7 Å². The van der Waals surface area contributed by atoms with Crippen LogP contribution in [0.5, 0.6) is 11.5 Å². The summed E-state index contributed by atoms with van der Waals surface area (Å²) in [4.78, 5) is 32.0. The lowest BCUT2D eigenvalue weighted by Gasteiger charge is -2.24. The van der Waals surface area contributed by atoms with Gasteiger partial charge in [0.25, 0.3) is 5.56 Å². The van der Waals surface area contributed by atoms with Gasteiger partial charge < -0.3 is 14.2 Å². The maximum Gasteiger partial charge on any atom is 0.338 e. The first-order valence-corrected chi connectivity index (χ1v) is 13.4. The van der Waals surface area contributed by atoms with Crippen LogP contribution in [0.4, 0.5) is 0 Å². The number of hydrogen-bond donors (Lipinski definition) is 0. The second-order valence-electron chi connectivity index (χ2n) is 8.92. The molecule has 0 fully saturated rings. The molecule has 198 valence electrons. The zero-order chi connectivity index (χ0) is 27.4. The third-order valence-corrected chi connectivity index (χ3v) is 7.34. The van der Waals surface area contributed by atoms with Crippen molar-refractivity contribution in [3.63, 3.8) is 0 Å². The SMILES string of the molecule is CCOC(=O)C1=C(C)N=c2s/c(=C/c3cccc(OCc4ccccc4)c3)c(=O)n2[C@@H]1c1ccc(OC)cc1. The smallest absolute Gasteiger partial charge is 0.338 e. The van der Waals surface area contributed by atoms with Gasteiger partial charge in [-0.05, 0) is 60.9 Å². The zero-order valence-electron chi connectivity index (χ0n) is 21.9. The van der Waals surface area contributed by atoms with E-state index in [1.165, 1.54) is 11.3 Å². The number of hydrogen-bond acceptors (Lipinski definition) is 7. The van der Waals surface area contributed by atoms with Gasteiger partial charge in [-0.15, -0.1) is 0 Å². The number of allylic oxidation sites excluding steroid dienone is 1. The van der Waals surface area contributed by atoms with E-state index < -0.39 is 12.0 Å². The van der Waals surface area contributed by atoms with Crippen LogP contribution < -0.4 is 24.4 Å². The normalized spacial score (nSPS) is 14.9. The molecule has 8 heteroatoms. The molecule has 0 N–H and O–H groups in total. The van der Waals surface area contributed by atoms with E-state index in [9.17, 15) is 9.59 Å². The third-order valence-electron chi connectivity index (χ3n) is 6.35. The van der Waals surface area contributed by atoms with Gasteiger partial charge in [0.15, 0.2) is 4.80 Å². The van der Waals surface area contributed by atoms with Gasteiger partial charge >= 0.3 is 5.97 Å². The van der Waals surface area contributed by atoms with E-state index in [1.807, 2.05) is 84.9 Å². The van der Waals surface area contributed by atoms with Gasteiger partial charge in [-0.3, -0.25) is 9.36 Å². The number of carbonyl (C=O) groups is 1. The summed E-state index contributed by atoms with van der Waals surface area (Å²) in [5, 5.41) is 0. The molecular formula is C31H28N2O5S. The molecule has 0 saturated carbocycles. The monoisotopic (exact) mass is 540 g/mol. The number of aromatic nitrogens is 1. The fourth-order valence-corrected chi connectivity index (χ4v) is 5.53. The molecule has 39 heavy (non-hydrogen) atoms. The highest BCUT2D eigenvalue weighted by atomic mass is 32.1. The van der Waals surface area contributed by atoms with Crippen molar-refractivity contribution in [3.05, 3.63) is 127 Å². The Hall–Kier alpha value is -4.43. The number of fused-ring (bicyclic) bond motifs is 1. The van der Waals surface area contributed by atoms with Crippen LogP contribution in [0.25, 0.3) is 6.08 Å². The predicted molar refractivity (Wildman–Crippen MR) is 151 cm³/mol. The number of nitrogens with zero attached hydrogens (tertiary/aromatic N) is 2. The summed E-state index contributed by atoms with van der Waals surface area (Å²) in [6, 6.07) is 24.2. The van der Waals surface area contributed by atoms with Crippen LogP contribution in [-0.4, -0.2) is 24.3 Å². The molecule has 5 rings (SSSR count). The summed E-state index contributed by atoms with van der Waals surface area (Å²) in [6.07, 6.45) is 1.83. The molecule has 7 nitrogen and oxygen atoms in total. The highest BCUT2D eigenvalue weighted by Crippen LogP contribution is 2.31. The standard InChI is InChI=1S/C31H28N2O5S/c1-4-37-30(35)27-20(2)32-31-33(28(27)23-13-15-24(36-3)16-14-23)29(34)26(39-31)18-22-11-8-12-25(17-22)38-19-21-9-6-5-7-10-21/h5-18,28H,4,19H2,1-3H3/b26-18+/t28-/m1/s1. The van der Waals surface area contributed by atoms with Crippen LogP contribution >= 0.6 is 11.3 Å². The second-order valence-corrected chi connectivity index (χ2v) is 9.93. The minimum Gasteiger partial charge on any atom is -0.497 e. The molecule has 0 unspecified atom stereocenters. The van der Waals surface area contributed by atoms with Crippen molar-refractivity contribution in [1.29, 1.82) is 0 Å². The van der Waals surface area contributed by atoms with Crippen LogP contribution in [0.1, 0.15) is 36.6 Å². The minimum absolute atomic E-state index is 0.220. The van der Waals surface area contributed by atoms with Gasteiger partial charge in [-0.1, -0.05) is 65.9 Å². The van der Waals surface area contributed by atoms with Crippen molar-refractivity contribution in [3.8, 4) is 11.5 Å². The number of rotatable bonds is 8. The highest BCUT2D eigenvalue weighted by Gasteiger charge is 2.33. The summed E-state index contributed by atoms with van der Waals surface area (Å²) in [5.41, 5.74) is 3.30. The summed E-state index contributed by atoms with van der Waals surface area (Å²) in [5.74, 6) is 0.896. The van der Waals surface area contributed by atoms with Gasteiger partial charge in [0, 0.05) is 0 Å². The Morgan fingerprint density at radius 3 is 2.51 bits per heavy atom. The topological polar surface area (TPSA) is 79.1 Å². The van der Waals surface area contributed by atoms with Crippen molar-refractivity contribution >= 4 is 23.4 Å². The second kappa shape index (κ2) is 11.5. The Morgan fingerprint density at radius 1 is 1.03 bits per heavy atom. The van der Waals surface area contributed by atoms with E-state index in [1.54, 1.807) is 25.5 Å². The number of esters is 1. The molecular weight excluding hydrogens is 512 g/mol. The summed E-state index contributed by atoms with van der Waals surface area (Å²) in [6.45, 7) is 4.19. The average Bonchev–Trinajstić information content (AvgIpc) is 3.26. The van der Waals surface area contributed by atoms with Crippen LogP contribution in [0.2, 0.25) is 0 Å². The lowest BCUT2D eigenvalue weighted by atomic mass is 9.96. The molecule has 1 aliphatic heterocycles. The molecule has 0 spiro atoms. The van der Waals surface area contributed by atoms with E-state index >= 15 is 0 Å². The molecule has 1 aromatic heterocycles. The molecule has 3 aromatic carbocycles. The molecule has 1 atom stereocenters. The Balaban J connectivity index is 1.55. The summed E-state index contributed by atoms with van der Waals surface area (Å²) in [7, 11) is 1.59. The molecule has 0 amide bonds. The van der Waals surface area contributed by atoms with E-state index in [2.05, 4.69) is 4.99 Å². The predicted octanol–water partition coefficient (Wildman–Crippen LogP) is 4.39. The van der Waals surface area contributed by atoms with E-state index in [4.69, 9.17) is 14.2 Å². The summed E-state index contributed by atoms with van der Waals surface area (Å²) >= 11 is 1.29. The van der Waals surface area contributed by atoms with E-state index in [0.29, 0.717) is 38.7 Å². The highest BCUT2D eigenvalue weighted by molar-refractivity contribution is 7.07. The largest absolute Gasteiger partial charge is 0.497 e. The number of ether oxygens (including phenoxy) is 3. The Morgan fingerprint density at radius 2 is 1.79 bits per heavy atom. The van der Waals surface area contributed by atoms with Gasteiger partial charge in [0.1, 0.15) is 18.1 Å². The molecule has 1 aliphatic rings. The lowest BCUT2D eigenvalue weighted by molar-refractivity contribution is -0.139. The number of methoxy groups -OCH3 is 1. The molecule has 0 aliphatic carbocycles. The van der Waals surface area contributed by atoms with Crippen LogP contribution in [0.15, 0.2) is 99.9 Å². The number of thiazole rings is 1. The first kappa shape index (κ1) is 26.2. The van der Waals surface area contributed by atoms with Crippen molar-refractivity contribution in [2.45, 2.75) is 26.5 Å². The van der Waals surface area contributed by atoms with Crippen molar-refractivity contribution in [2.24, 2.45) is 4.99 Å². The minimum atomic E-state index is -0.672. The van der Waals surface area contributed by atoms with Crippen LogP contribution in [0.3, 0.4) is 0 Å². The van der Waals surface area contributed by atoms with E-state index in [0.717, 1.165) is 16.7 Å². The molecule has 0 radical (unpaired) electrons. The first-order valence-electron chi connectivity index (χ1n) is 12.6. The number of benzene rings is 3. The van der Waals surface area contributed by atoms with Crippen LogP contribution in [-0.2, 0) is 16.1 Å². The fraction of sp³-hybridized carbons (Fsp3) is 0.194. The van der Waals surface area contributed by atoms with E-state index in [-0.39, 0.29) is 12.2 Å². The van der Waals surface area contributed by atoms with Crippen molar-refractivity contribution < 1.29 is 19.0 Å². The molecule has 0 bridgehead atoms. The first-order chi connectivity index (χ1) is 19.0. The average molecular weight is 541 g/mol. The maximum atomic E-state index is 13.8. The Labute approximate surface area is 229 Å². The molecule has 2 heterocycles. The molecule has 0 saturated heterocycles. The van der Waals surface area contributed by atoms with Gasteiger partial charge in [-0.25, -0.2) is 9.79 Å². The molecule has 4 aromatic rings. The Bertz CT molecular complexity index is 1700. The zero-order valence-corrected chi connectivity index (χ0v) is 22.7. The fourth-order valence-electron chi connectivity index (χ4n) is 4.48. The van der Waals surface area contributed by atoms with Gasteiger partial charge in [0.2, 0.25) is 0 Å². The van der Waals surface area contributed by atoms with Crippen LogP contribution in [0, 0.1) is 0 Å². The lowest BCUT2D eigenvalue weighted by Crippen LogP contribution is -2.39. The quantitative estimate of drug-likeness (QED) is 0.310. The van der Waals surface area contributed by atoms with Crippen molar-refractivity contribution in [1.82, 2.24) is 4.57 Å². The maximum absolute atomic E-state index is 13.8. The third kappa shape index (κ3) is 5.56. The Kier molecular flexibility index (Phi) is 7.74. The van der Waals surface area contributed by atoms with Gasteiger partial charge in [0.05, 0.1) is 35.6 Å². The number of carbonyl (C=O) groups excluding carboxylic acids is 1.